The van der Waals surface area contributed by atoms with Crippen molar-refractivity contribution in [1.82, 2.24) is 5.32 Å². The summed E-state index contributed by atoms with van der Waals surface area (Å²) in [6.45, 7) is 1.72. The Bertz CT molecular complexity index is 1650. The van der Waals surface area contributed by atoms with Crippen molar-refractivity contribution in [3.63, 3.8) is 0 Å². The Kier molecular flexibility index (Phi) is 50.6. The van der Waals surface area contributed by atoms with E-state index in [1.807, 2.05) is 0 Å². The predicted octanol–water partition coefficient (Wildman–Crippen LogP) is 11.1. The van der Waals surface area contributed by atoms with Crippen molar-refractivity contribution in [1.29, 1.82) is 0 Å². The first-order valence-corrected chi connectivity index (χ1v) is 37.8. The lowest BCUT2D eigenvalue weighted by molar-refractivity contribution is -0.379. The van der Waals surface area contributed by atoms with Crippen LogP contribution in [0, 0.1) is 0 Å². The third kappa shape index (κ3) is 36.3. The second kappa shape index (κ2) is 54.8. The number of aliphatic hydroxyl groups is 11. The Morgan fingerprint density at radius 3 is 0.956 bits per heavy atom. The molecule has 0 saturated carbocycles. The first-order valence-electron chi connectivity index (χ1n) is 37.8. The van der Waals surface area contributed by atoms with Crippen molar-refractivity contribution in [3.05, 3.63) is 0 Å². The number of unbranched alkanes of at least 4 members (excludes halogenated alkanes) is 44. The zero-order chi connectivity index (χ0) is 66.1. The maximum absolute atomic E-state index is 13.3. The van der Waals surface area contributed by atoms with Gasteiger partial charge in [0.15, 0.2) is 18.9 Å². The topological polar surface area (TPSA) is 307 Å². The molecular weight excluding hydrogens is 1170 g/mol. The Labute approximate surface area is 551 Å². The smallest absolute Gasteiger partial charge is 0.220 e. The van der Waals surface area contributed by atoms with Crippen LogP contribution in [0.15, 0.2) is 0 Å². The molecule has 0 aromatic rings. The number of ether oxygens (including phenoxy) is 6. The number of hydrogen-bond acceptors (Lipinski definition) is 18. The van der Waals surface area contributed by atoms with Crippen LogP contribution >= 0.6 is 0 Å². The number of hydrogen-bond donors (Lipinski definition) is 12. The molecule has 3 fully saturated rings. The summed E-state index contributed by atoms with van der Waals surface area (Å²) in [5.74, 6) is -0.243. The number of amides is 1. The maximum atomic E-state index is 13.3. The van der Waals surface area contributed by atoms with Gasteiger partial charge in [-0.05, 0) is 12.8 Å². The van der Waals surface area contributed by atoms with Gasteiger partial charge in [-0.1, -0.05) is 303 Å². The van der Waals surface area contributed by atoms with Gasteiger partial charge in [-0.3, -0.25) is 4.79 Å². The summed E-state index contributed by atoms with van der Waals surface area (Å²) in [6, 6.07) is -0.878. The van der Waals surface area contributed by atoms with E-state index in [-0.39, 0.29) is 18.9 Å². The third-order valence-corrected chi connectivity index (χ3v) is 19.4. The van der Waals surface area contributed by atoms with E-state index in [1.165, 1.54) is 238 Å². The van der Waals surface area contributed by atoms with Gasteiger partial charge in [-0.2, -0.15) is 0 Å². The van der Waals surface area contributed by atoms with Crippen LogP contribution in [-0.4, -0.2) is 193 Å². The Balaban J connectivity index is 1.18. The minimum Gasteiger partial charge on any atom is -0.394 e. The maximum Gasteiger partial charge on any atom is 0.220 e. The Morgan fingerprint density at radius 1 is 0.352 bits per heavy atom. The van der Waals surface area contributed by atoms with E-state index >= 15 is 0 Å². The molecule has 0 aromatic heterocycles. The van der Waals surface area contributed by atoms with Crippen LogP contribution in [0.1, 0.15) is 322 Å². The summed E-state index contributed by atoms with van der Waals surface area (Å²) in [5.41, 5.74) is 0. The fourth-order valence-corrected chi connectivity index (χ4v) is 13.3. The zero-order valence-electron chi connectivity index (χ0n) is 57.4. The van der Waals surface area contributed by atoms with Gasteiger partial charge >= 0.3 is 0 Å². The van der Waals surface area contributed by atoms with E-state index in [0.29, 0.717) is 12.8 Å². The summed E-state index contributed by atoms with van der Waals surface area (Å²) in [5, 5.41) is 120. The van der Waals surface area contributed by atoms with Gasteiger partial charge in [0.1, 0.15) is 73.2 Å². The van der Waals surface area contributed by atoms with Crippen LogP contribution < -0.4 is 5.32 Å². The molecule has 1 amide bonds. The van der Waals surface area contributed by atoms with Crippen LogP contribution in [0.25, 0.3) is 0 Å². The van der Waals surface area contributed by atoms with E-state index in [1.54, 1.807) is 0 Å². The van der Waals surface area contributed by atoms with Crippen molar-refractivity contribution >= 4 is 5.91 Å². The lowest BCUT2D eigenvalue weighted by atomic mass is 9.96. The highest BCUT2D eigenvalue weighted by Gasteiger charge is 2.53. The van der Waals surface area contributed by atoms with Crippen LogP contribution in [0.5, 0.6) is 0 Å². The third-order valence-electron chi connectivity index (χ3n) is 19.4. The van der Waals surface area contributed by atoms with E-state index in [2.05, 4.69) is 19.2 Å². The zero-order valence-corrected chi connectivity index (χ0v) is 57.4. The Morgan fingerprint density at radius 2 is 0.626 bits per heavy atom. The number of carbonyl (C=O) groups is 1. The fraction of sp³-hybridized carbons (Fsp3) is 0.986. The minimum absolute atomic E-state index is 0.243. The van der Waals surface area contributed by atoms with Crippen molar-refractivity contribution in [2.45, 2.75) is 426 Å². The average Bonchev–Trinajstić information content (AvgIpc) is 0.864. The second-order valence-corrected chi connectivity index (χ2v) is 27.5. The van der Waals surface area contributed by atoms with Crippen molar-refractivity contribution in [2.75, 3.05) is 26.4 Å². The van der Waals surface area contributed by atoms with Gasteiger partial charge in [-0.15, -0.1) is 0 Å². The van der Waals surface area contributed by atoms with E-state index in [0.717, 1.165) is 51.4 Å². The summed E-state index contributed by atoms with van der Waals surface area (Å²) in [7, 11) is 0. The fourth-order valence-electron chi connectivity index (χ4n) is 13.3. The molecule has 540 valence electrons. The average molecular weight is 1310 g/mol. The largest absolute Gasteiger partial charge is 0.394 e. The normalized spacial score (nSPS) is 27.8. The van der Waals surface area contributed by atoms with Gasteiger partial charge in [0.05, 0.1) is 38.6 Å². The van der Waals surface area contributed by atoms with Gasteiger partial charge < -0.3 is 89.9 Å². The lowest BCUT2D eigenvalue weighted by Gasteiger charge is -2.48. The van der Waals surface area contributed by atoms with E-state index < -0.39 is 124 Å². The molecule has 0 aliphatic carbocycles. The van der Waals surface area contributed by atoms with E-state index in [9.17, 15) is 61.0 Å². The van der Waals surface area contributed by atoms with Crippen molar-refractivity contribution in [2.24, 2.45) is 0 Å². The number of rotatable bonds is 60. The monoisotopic (exact) mass is 1310 g/mol. The minimum atomic E-state index is -1.97. The molecule has 91 heavy (non-hydrogen) atoms. The van der Waals surface area contributed by atoms with Gasteiger partial charge in [-0.25, -0.2) is 0 Å². The molecule has 19 heteroatoms. The number of carbonyl (C=O) groups excluding carboxylic acids is 1. The molecule has 17 atom stereocenters. The molecular formula is C72H139NO18. The molecule has 3 aliphatic rings. The lowest BCUT2D eigenvalue weighted by Crippen LogP contribution is -2.66. The van der Waals surface area contributed by atoms with Crippen LogP contribution in [0.2, 0.25) is 0 Å². The van der Waals surface area contributed by atoms with Gasteiger partial charge in [0, 0.05) is 6.42 Å². The molecule has 12 N–H and O–H groups in total. The molecule has 19 nitrogen and oxygen atoms in total. The van der Waals surface area contributed by atoms with Crippen LogP contribution in [-0.2, 0) is 33.2 Å². The molecule has 3 heterocycles. The second-order valence-electron chi connectivity index (χ2n) is 27.5. The first kappa shape index (κ1) is 84.0. The quantitative estimate of drug-likeness (QED) is 0.0252. The summed E-state index contributed by atoms with van der Waals surface area (Å²) in [6.07, 6.45) is 34.9. The highest BCUT2D eigenvalue weighted by Crippen LogP contribution is 2.33. The van der Waals surface area contributed by atoms with Crippen LogP contribution in [0.3, 0.4) is 0 Å². The molecule has 3 aliphatic heterocycles. The highest BCUT2D eigenvalue weighted by molar-refractivity contribution is 5.76. The SMILES string of the molecule is CCCCCCCCCCCCCCCCCCCCCCCCCCCCCCCCCCCCCCCCCCCC(=O)NC(COC1OC(CO)C(OC2OC(CO)C(OC3OC(CO)C(O)C(O)C3O)C(O)C2O)C(O)C1O)C(O)CCCCCCC. The molecule has 0 radical (unpaired) electrons. The molecule has 3 rings (SSSR count). The van der Waals surface area contributed by atoms with Crippen molar-refractivity contribution in [3.8, 4) is 0 Å². The summed E-state index contributed by atoms with van der Waals surface area (Å²) < 4.78 is 34.2. The van der Waals surface area contributed by atoms with Crippen LogP contribution in [0.4, 0.5) is 0 Å². The molecule has 0 spiro atoms. The van der Waals surface area contributed by atoms with Gasteiger partial charge in [0.25, 0.3) is 0 Å². The van der Waals surface area contributed by atoms with E-state index in [4.69, 9.17) is 28.4 Å². The Hall–Kier alpha value is -1.21. The standard InChI is InChI=1S/C72H139NO18/c1-3-5-7-9-10-11-12-13-14-15-16-17-18-19-20-21-22-23-24-25-26-27-28-29-30-31-32-33-34-35-36-37-38-39-40-41-42-43-44-46-48-50-60(78)73-55(56(77)49-47-45-8-6-4-2)54-86-70-66(84)63(81)68(58(52-75)88-70)91-72-67(85)64(82)69(59(53-76)89-72)90-71-65(83)62(80)61(79)57(51-74)87-71/h55-59,61-72,74-77,79-85H,3-54H2,1-2H3,(H,73,78). The number of nitrogens with one attached hydrogen (secondary N) is 1. The molecule has 0 bridgehead atoms. The predicted molar refractivity (Wildman–Crippen MR) is 356 cm³/mol. The van der Waals surface area contributed by atoms with Crippen molar-refractivity contribution < 1.29 is 89.4 Å². The molecule has 3 saturated heterocycles. The number of aliphatic hydroxyl groups excluding tert-OH is 11. The summed E-state index contributed by atoms with van der Waals surface area (Å²) >= 11 is 0. The molecule has 0 aromatic carbocycles. The highest BCUT2D eigenvalue weighted by atomic mass is 16.8. The first-order chi connectivity index (χ1) is 44.3. The van der Waals surface area contributed by atoms with Gasteiger partial charge in [0.2, 0.25) is 5.91 Å². The summed E-state index contributed by atoms with van der Waals surface area (Å²) in [4.78, 5) is 13.3. The molecule has 17 unspecified atom stereocenters.